The van der Waals surface area contributed by atoms with Crippen LogP contribution >= 0.6 is 0 Å². The van der Waals surface area contributed by atoms with E-state index in [1.165, 1.54) is 0 Å². The molecular formula is C8H17F2NO. The van der Waals surface area contributed by atoms with E-state index >= 15 is 0 Å². The average Bonchev–Trinajstić information content (AvgIpc) is 2.02. The molecule has 2 nitrogen and oxygen atoms in total. The fourth-order valence-corrected chi connectivity index (χ4v) is 0.915. The smallest absolute Gasteiger partial charge is 0.282 e. The van der Waals surface area contributed by atoms with Gasteiger partial charge in [0.25, 0.3) is 5.92 Å². The first kappa shape index (κ1) is 11.8. The van der Waals surface area contributed by atoms with Gasteiger partial charge in [-0.05, 0) is 13.3 Å². The van der Waals surface area contributed by atoms with Crippen molar-refractivity contribution in [3.63, 3.8) is 0 Å². The number of aliphatic hydroxyl groups is 1. The van der Waals surface area contributed by atoms with E-state index in [9.17, 15) is 8.78 Å². The number of rotatable bonds is 6. The van der Waals surface area contributed by atoms with E-state index in [0.717, 1.165) is 12.8 Å². The fourth-order valence-electron chi connectivity index (χ4n) is 0.915. The Morgan fingerprint density at radius 3 is 2.50 bits per heavy atom. The molecule has 0 bridgehead atoms. The summed E-state index contributed by atoms with van der Waals surface area (Å²) in [6, 6.07) is 0.0902. The largest absolute Gasteiger partial charge is 0.390 e. The van der Waals surface area contributed by atoms with Gasteiger partial charge >= 0.3 is 0 Å². The number of halogens is 2. The second-order valence-corrected chi connectivity index (χ2v) is 3.08. The van der Waals surface area contributed by atoms with Crippen LogP contribution in [0.1, 0.15) is 26.7 Å². The zero-order valence-electron chi connectivity index (χ0n) is 7.61. The number of alkyl halides is 2. The third kappa shape index (κ3) is 5.43. The van der Waals surface area contributed by atoms with E-state index in [2.05, 4.69) is 5.32 Å². The van der Waals surface area contributed by atoms with Crippen LogP contribution in [0.3, 0.4) is 0 Å². The highest BCUT2D eigenvalue weighted by molar-refractivity contribution is 4.70. The summed E-state index contributed by atoms with van der Waals surface area (Å²) in [4.78, 5) is 0. The van der Waals surface area contributed by atoms with Crippen molar-refractivity contribution in [2.24, 2.45) is 0 Å². The molecule has 0 aromatic rings. The lowest BCUT2D eigenvalue weighted by Crippen LogP contribution is -2.39. The van der Waals surface area contributed by atoms with E-state index in [0.29, 0.717) is 0 Å². The fraction of sp³-hybridized carbons (Fsp3) is 1.00. The van der Waals surface area contributed by atoms with Crippen molar-refractivity contribution in [2.45, 2.75) is 38.7 Å². The zero-order chi connectivity index (χ0) is 9.61. The van der Waals surface area contributed by atoms with Gasteiger partial charge in [0, 0.05) is 6.04 Å². The van der Waals surface area contributed by atoms with Crippen molar-refractivity contribution in [1.29, 1.82) is 0 Å². The van der Waals surface area contributed by atoms with Gasteiger partial charge in [-0.15, -0.1) is 0 Å². The van der Waals surface area contributed by atoms with Crippen LogP contribution in [0, 0.1) is 0 Å². The van der Waals surface area contributed by atoms with E-state index in [1.807, 2.05) is 13.8 Å². The first-order valence-corrected chi connectivity index (χ1v) is 4.24. The van der Waals surface area contributed by atoms with E-state index in [1.54, 1.807) is 0 Å². The molecule has 0 aliphatic carbocycles. The summed E-state index contributed by atoms with van der Waals surface area (Å²) in [6.45, 7) is 2.34. The summed E-state index contributed by atoms with van der Waals surface area (Å²) in [5, 5.41) is 10.9. The number of hydrogen-bond donors (Lipinski definition) is 2. The van der Waals surface area contributed by atoms with Crippen molar-refractivity contribution in [1.82, 2.24) is 5.32 Å². The molecule has 0 aromatic carbocycles. The van der Waals surface area contributed by atoms with Crippen molar-refractivity contribution in [3.05, 3.63) is 0 Å². The van der Waals surface area contributed by atoms with Gasteiger partial charge < -0.3 is 10.4 Å². The average molecular weight is 181 g/mol. The Bertz CT molecular complexity index is 120. The van der Waals surface area contributed by atoms with Crippen molar-refractivity contribution >= 4 is 0 Å². The van der Waals surface area contributed by atoms with Crippen LogP contribution in [0.5, 0.6) is 0 Å². The third-order valence-electron chi connectivity index (χ3n) is 1.66. The highest BCUT2D eigenvalue weighted by atomic mass is 19.3. The van der Waals surface area contributed by atoms with E-state index in [4.69, 9.17) is 5.11 Å². The van der Waals surface area contributed by atoms with Crippen molar-refractivity contribution in [3.8, 4) is 0 Å². The highest BCUT2D eigenvalue weighted by Crippen LogP contribution is 2.10. The molecule has 12 heavy (non-hydrogen) atoms. The Hall–Kier alpha value is -0.220. The molecule has 0 heterocycles. The van der Waals surface area contributed by atoms with Crippen LogP contribution < -0.4 is 5.32 Å². The van der Waals surface area contributed by atoms with E-state index in [-0.39, 0.29) is 6.04 Å². The molecule has 0 saturated carbocycles. The normalized spacial score (nSPS) is 14.8. The summed E-state index contributed by atoms with van der Waals surface area (Å²) in [5.41, 5.74) is 0. The Labute approximate surface area is 72.0 Å². The maximum Gasteiger partial charge on any atom is 0.282 e. The van der Waals surface area contributed by atoms with Gasteiger partial charge in [-0.2, -0.15) is 0 Å². The maximum absolute atomic E-state index is 12.4. The molecule has 74 valence electrons. The molecule has 0 amide bonds. The van der Waals surface area contributed by atoms with Gasteiger partial charge in [0.15, 0.2) is 0 Å². The number of hydrogen-bond acceptors (Lipinski definition) is 2. The minimum absolute atomic E-state index is 0.0902. The molecule has 0 spiro atoms. The Balaban J connectivity index is 3.52. The van der Waals surface area contributed by atoms with Gasteiger partial charge in [-0.3, -0.25) is 0 Å². The quantitative estimate of drug-likeness (QED) is 0.649. The molecule has 2 N–H and O–H groups in total. The summed E-state index contributed by atoms with van der Waals surface area (Å²) < 4.78 is 24.9. The minimum atomic E-state index is -2.98. The standard InChI is InChI=1S/C8H17F2NO/c1-3-4-7(2)11-5-8(9,10)6-12/h7,11-12H,3-6H2,1-2H3. The highest BCUT2D eigenvalue weighted by Gasteiger charge is 2.27. The van der Waals surface area contributed by atoms with Crippen LogP contribution in [0.25, 0.3) is 0 Å². The van der Waals surface area contributed by atoms with Gasteiger partial charge in [0.1, 0.15) is 6.61 Å². The molecule has 0 radical (unpaired) electrons. The van der Waals surface area contributed by atoms with Crippen LogP contribution in [0.15, 0.2) is 0 Å². The second-order valence-electron chi connectivity index (χ2n) is 3.08. The molecular weight excluding hydrogens is 164 g/mol. The molecule has 0 aliphatic heterocycles. The van der Waals surface area contributed by atoms with Crippen molar-refractivity contribution < 1.29 is 13.9 Å². The second kappa shape index (κ2) is 5.43. The molecule has 0 saturated heterocycles. The topological polar surface area (TPSA) is 32.3 Å². The lowest BCUT2D eigenvalue weighted by Gasteiger charge is -2.18. The lowest BCUT2D eigenvalue weighted by atomic mass is 10.2. The molecule has 0 fully saturated rings. The van der Waals surface area contributed by atoms with Crippen LogP contribution in [-0.2, 0) is 0 Å². The van der Waals surface area contributed by atoms with Crippen LogP contribution in [0.4, 0.5) is 8.78 Å². The molecule has 0 aromatic heterocycles. The summed E-state index contributed by atoms with van der Waals surface area (Å²) in [5.74, 6) is -2.98. The molecule has 0 aliphatic rings. The van der Waals surface area contributed by atoms with Gasteiger partial charge in [-0.25, -0.2) is 8.78 Å². The lowest BCUT2D eigenvalue weighted by molar-refractivity contribution is -0.0491. The predicted octanol–water partition coefficient (Wildman–Crippen LogP) is 1.39. The SMILES string of the molecule is CCCC(C)NCC(F)(F)CO. The first-order valence-electron chi connectivity index (χ1n) is 4.24. The maximum atomic E-state index is 12.4. The van der Waals surface area contributed by atoms with Crippen LogP contribution in [0.2, 0.25) is 0 Å². The summed E-state index contributed by atoms with van der Waals surface area (Å²) in [6.07, 6.45) is 1.85. The summed E-state index contributed by atoms with van der Waals surface area (Å²) >= 11 is 0. The predicted molar refractivity (Wildman–Crippen MR) is 44.4 cm³/mol. The molecule has 1 unspecified atom stereocenters. The Kier molecular flexibility index (Phi) is 5.33. The van der Waals surface area contributed by atoms with Crippen LogP contribution in [-0.4, -0.2) is 30.2 Å². The minimum Gasteiger partial charge on any atom is -0.390 e. The third-order valence-corrected chi connectivity index (χ3v) is 1.66. The Morgan fingerprint density at radius 2 is 2.08 bits per heavy atom. The molecule has 4 heteroatoms. The zero-order valence-corrected chi connectivity index (χ0v) is 7.61. The van der Waals surface area contributed by atoms with Gasteiger partial charge in [0.05, 0.1) is 6.54 Å². The van der Waals surface area contributed by atoms with Gasteiger partial charge in [0.2, 0.25) is 0 Å². The van der Waals surface area contributed by atoms with Crippen molar-refractivity contribution in [2.75, 3.05) is 13.2 Å². The van der Waals surface area contributed by atoms with E-state index < -0.39 is 19.1 Å². The number of nitrogens with one attached hydrogen (secondary N) is 1. The Morgan fingerprint density at radius 1 is 1.50 bits per heavy atom. The summed E-state index contributed by atoms with van der Waals surface area (Å²) in [7, 11) is 0. The van der Waals surface area contributed by atoms with Gasteiger partial charge in [-0.1, -0.05) is 13.3 Å². The molecule has 0 rings (SSSR count). The molecule has 1 atom stereocenters. The monoisotopic (exact) mass is 181 g/mol. The first-order chi connectivity index (χ1) is 5.52. The number of aliphatic hydroxyl groups excluding tert-OH is 1.